The first-order valence-corrected chi connectivity index (χ1v) is 3.23. The van der Waals surface area contributed by atoms with Crippen molar-refractivity contribution in [3.05, 3.63) is 0 Å². The van der Waals surface area contributed by atoms with Crippen molar-refractivity contribution in [2.45, 2.75) is 0 Å². The van der Waals surface area contributed by atoms with E-state index in [1.54, 1.807) is 0 Å². The second-order valence-corrected chi connectivity index (χ2v) is 2.78. The van der Waals surface area contributed by atoms with Crippen LogP contribution in [0.2, 0.25) is 0 Å². The van der Waals surface area contributed by atoms with Gasteiger partial charge in [-0.25, -0.2) is 0 Å². The molecule has 0 spiro atoms. The van der Waals surface area contributed by atoms with Crippen LogP contribution < -0.4 is 6.15 Å². The Bertz CT molecular complexity index is 96.1. The van der Waals surface area contributed by atoms with Crippen LogP contribution in [-0.4, -0.2) is 13.0 Å². The van der Waals surface area contributed by atoms with Gasteiger partial charge in [0.15, 0.2) is 0 Å². The van der Waals surface area contributed by atoms with Gasteiger partial charge in [-0.3, -0.25) is 0 Å². The molecular formula is H4Co2NO3S. The van der Waals surface area contributed by atoms with Crippen LogP contribution in [0.3, 0.4) is 0 Å². The van der Waals surface area contributed by atoms with Gasteiger partial charge in [-0.15, -0.1) is 0 Å². The number of rotatable bonds is 0. The van der Waals surface area contributed by atoms with Gasteiger partial charge in [-0.05, 0) is 0 Å². The Hall–Kier alpha value is 0.883. The van der Waals surface area contributed by atoms with Crippen LogP contribution >= 0.6 is 0 Å². The van der Waals surface area contributed by atoms with Crippen molar-refractivity contribution in [2.75, 3.05) is 0 Å². The molecule has 51 valence electrons. The SMILES string of the molecule is N.O=[S](=O)(O)[Co].[Co]. The monoisotopic (exact) mass is 216 g/mol. The smallest absolute Gasteiger partial charge is 0 e. The van der Waals surface area contributed by atoms with Crippen molar-refractivity contribution < 1.29 is 44.4 Å². The molecule has 0 rings (SSSR count). The molecule has 0 fully saturated rings. The fraction of sp³-hybridized carbons (Fsp3) is 0. The van der Waals surface area contributed by atoms with Crippen LogP contribution in [0.15, 0.2) is 0 Å². The van der Waals surface area contributed by atoms with Crippen LogP contribution in [-0.2, 0) is 40.0 Å². The van der Waals surface area contributed by atoms with E-state index in [1.807, 2.05) is 0 Å². The molecule has 0 aliphatic rings. The summed E-state index contributed by atoms with van der Waals surface area (Å²) in [4.78, 5) is 0. The van der Waals surface area contributed by atoms with Crippen LogP contribution in [0.4, 0.5) is 0 Å². The fourth-order valence-electron chi connectivity index (χ4n) is 0. The molecule has 0 heterocycles. The van der Waals surface area contributed by atoms with E-state index in [-0.39, 0.29) is 22.9 Å². The Labute approximate surface area is 59.3 Å². The van der Waals surface area contributed by atoms with Crippen LogP contribution in [0.5, 0.6) is 0 Å². The van der Waals surface area contributed by atoms with Gasteiger partial charge in [-0.1, -0.05) is 0 Å². The average molecular weight is 216 g/mol. The average Bonchev–Trinajstić information content (AvgIpc) is 0.722. The Balaban J connectivity index is -0.0000000800. The van der Waals surface area contributed by atoms with Gasteiger partial charge in [0.25, 0.3) is 0 Å². The van der Waals surface area contributed by atoms with Gasteiger partial charge in [-0.2, -0.15) is 0 Å². The molecule has 7 heavy (non-hydrogen) atoms. The minimum atomic E-state index is -3.98. The van der Waals surface area contributed by atoms with Gasteiger partial charge >= 0.3 is 36.2 Å². The third-order valence-electron chi connectivity index (χ3n) is 0. The van der Waals surface area contributed by atoms with Crippen molar-refractivity contribution in [2.24, 2.45) is 0 Å². The first-order valence-electron chi connectivity index (χ1n) is 0.652. The molecule has 4 N–H and O–H groups in total. The summed E-state index contributed by atoms with van der Waals surface area (Å²) < 4.78 is 25.5. The molecule has 0 bridgehead atoms. The molecule has 0 aromatic heterocycles. The zero-order valence-corrected chi connectivity index (χ0v) is 5.94. The quantitative estimate of drug-likeness (QED) is 0.534. The van der Waals surface area contributed by atoms with Crippen LogP contribution in [0, 0.1) is 0 Å². The minimum Gasteiger partial charge on any atom is 0 e. The van der Waals surface area contributed by atoms with Crippen molar-refractivity contribution in [1.82, 2.24) is 6.15 Å². The Kier molecular flexibility index (Phi) is 11.3. The second-order valence-electron chi connectivity index (χ2n) is 0.389. The Morgan fingerprint density at radius 3 is 1.43 bits per heavy atom. The van der Waals surface area contributed by atoms with E-state index in [9.17, 15) is 0 Å². The van der Waals surface area contributed by atoms with Crippen molar-refractivity contribution in [3.63, 3.8) is 0 Å². The van der Waals surface area contributed by atoms with E-state index in [2.05, 4.69) is 14.6 Å². The molecule has 0 aromatic carbocycles. The van der Waals surface area contributed by atoms with Gasteiger partial charge in [0.05, 0.1) is 0 Å². The second kappa shape index (κ2) is 5.03. The first-order chi connectivity index (χ1) is 2.00. The van der Waals surface area contributed by atoms with E-state index < -0.39 is 8.59 Å². The van der Waals surface area contributed by atoms with Gasteiger partial charge in [0.2, 0.25) is 0 Å². The first kappa shape index (κ1) is 15.7. The number of hydrogen-bond donors (Lipinski definition) is 2. The number of hydrogen-bond acceptors (Lipinski definition) is 3. The van der Waals surface area contributed by atoms with Gasteiger partial charge in [0, 0.05) is 16.8 Å². The fourth-order valence-corrected chi connectivity index (χ4v) is 0. The van der Waals surface area contributed by atoms with Gasteiger partial charge < -0.3 is 6.15 Å². The zero-order chi connectivity index (χ0) is 4.50. The molecule has 0 aliphatic heterocycles. The molecule has 4 nitrogen and oxygen atoms in total. The van der Waals surface area contributed by atoms with Crippen molar-refractivity contribution in [3.8, 4) is 0 Å². The third-order valence-corrected chi connectivity index (χ3v) is 0. The summed E-state index contributed by atoms with van der Waals surface area (Å²) in [5.41, 5.74) is 0. The van der Waals surface area contributed by atoms with Gasteiger partial charge in [0.1, 0.15) is 0 Å². The minimum absolute atomic E-state index is 0. The predicted octanol–water partition coefficient (Wildman–Crippen LogP) is -0.504. The molecule has 0 saturated carbocycles. The summed E-state index contributed by atoms with van der Waals surface area (Å²) in [5.74, 6) is 0. The van der Waals surface area contributed by atoms with E-state index >= 15 is 0 Å². The van der Waals surface area contributed by atoms with Crippen LogP contribution in [0.25, 0.3) is 0 Å². The normalized spacial score (nSPS) is 8.43. The third kappa shape index (κ3) is 210. The van der Waals surface area contributed by atoms with Crippen molar-refractivity contribution in [1.29, 1.82) is 0 Å². The maximum atomic E-state index is 9.05. The largest absolute Gasteiger partial charge is 0 e. The Morgan fingerprint density at radius 2 is 1.43 bits per heavy atom. The molecule has 0 saturated heterocycles. The topological polar surface area (TPSA) is 89.4 Å². The molecule has 0 aromatic rings. The molecule has 0 aliphatic carbocycles. The molecular weight excluding hydrogens is 212 g/mol. The zero-order valence-electron chi connectivity index (χ0n) is 3.05. The van der Waals surface area contributed by atoms with E-state index in [0.717, 1.165) is 0 Å². The molecule has 7 heteroatoms. The maximum absolute atomic E-state index is 9.05. The molecule has 0 amide bonds. The van der Waals surface area contributed by atoms with Crippen molar-refractivity contribution >= 4 is 8.59 Å². The summed E-state index contributed by atoms with van der Waals surface area (Å²) in [6.07, 6.45) is 0. The standard InChI is InChI=1S/2Co.H3N.HO3S/c;;;1-4(2)3/h;;1H3;(H,1,2,3). The predicted molar refractivity (Wildman–Crippen MR) is 16.6 cm³/mol. The Morgan fingerprint density at radius 1 is 1.43 bits per heavy atom. The summed E-state index contributed by atoms with van der Waals surface area (Å²) in [5, 5.41) is 0. The summed E-state index contributed by atoms with van der Waals surface area (Å²) in [7, 11) is -3.98. The molecule has 0 unspecified atom stereocenters. The van der Waals surface area contributed by atoms with E-state index in [1.165, 1.54) is 0 Å². The van der Waals surface area contributed by atoms with Crippen LogP contribution in [0.1, 0.15) is 0 Å². The summed E-state index contributed by atoms with van der Waals surface area (Å²) >= 11 is 2.69. The van der Waals surface area contributed by atoms with E-state index in [0.29, 0.717) is 0 Å². The molecule has 0 atom stereocenters. The summed E-state index contributed by atoms with van der Waals surface area (Å²) in [6.45, 7) is 0. The van der Waals surface area contributed by atoms with E-state index in [4.69, 9.17) is 13.0 Å². The summed E-state index contributed by atoms with van der Waals surface area (Å²) in [6, 6.07) is 0. The maximum Gasteiger partial charge on any atom is 0 e. The molecule has 1 radical (unpaired) electrons.